The summed E-state index contributed by atoms with van der Waals surface area (Å²) in [5.74, 6) is 1.22. The van der Waals surface area contributed by atoms with Gasteiger partial charge in [0.25, 0.3) is 0 Å². The molecule has 0 unspecified atom stereocenters. The van der Waals surface area contributed by atoms with Gasteiger partial charge in [-0.1, -0.05) is 25.8 Å². The molecule has 78 valence electrons. The normalized spacial score (nSPS) is 11.2. The third-order valence-corrected chi connectivity index (χ3v) is 2.38. The Balaban J connectivity index is 2.95. The number of methoxy groups -OCH3 is 1. The molecule has 0 saturated heterocycles. The van der Waals surface area contributed by atoms with Crippen LogP contribution in [0.25, 0.3) is 0 Å². The quantitative estimate of drug-likeness (QED) is 0.425. The second kappa shape index (κ2) is 12.0. The number of ether oxygens (including phenoxy) is 2. The largest absolute Gasteiger partial charge is 0.359 e. The monoisotopic (exact) mass is 204 g/mol. The van der Waals surface area contributed by atoms with Crippen LogP contribution in [-0.4, -0.2) is 26.3 Å². The van der Waals surface area contributed by atoms with Gasteiger partial charge < -0.3 is 9.47 Å². The van der Waals surface area contributed by atoms with Gasteiger partial charge in [0.15, 0.2) is 0 Å². The lowest BCUT2D eigenvalue weighted by atomic mass is 10.3. The summed E-state index contributed by atoms with van der Waals surface area (Å²) in [6, 6.07) is 0. The van der Waals surface area contributed by atoms with Crippen molar-refractivity contribution in [1.29, 1.82) is 0 Å². The van der Waals surface area contributed by atoms with Gasteiger partial charge in [-0.25, -0.2) is 0 Å². The average molecular weight is 204 g/mol. The molecule has 13 heavy (non-hydrogen) atoms. The Morgan fingerprint density at radius 2 is 2.15 bits per heavy atom. The van der Waals surface area contributed by atoms with Gasteiger partial charge in [-0.3, -0.25) is 0 Å². The van der Waals surface area contributed by atoms with E-state index in [4.69, 9.17) is 9.47 Å². The lowest BCUT2D eigenvalue weighted by molar-refractivity contribution is -0.0186. The standard InChI is InChI=1S/C10H20O2S/c1-3-4-5-8-13-9-6-7-12-10-11-2/h6,9H,3-5,7-8,10H2,1-2H3/b9-6-. The minimum atomic E-state index is 0.380. The highest BCUT2D eigenvalue weighted by molar-refractivity contribution is 8.02. The van der Waals surface area contributed by atoms with Crippen molar-refractivity contribution < 1.29 is 9.47 Å². The van der Waals surface area contributed by atoms with Crippen molar-refractivity contribution in [2.24, 2.45) is 0 Å². The molecule has 0 aliphatic carbocycles. The van der Waals surface area contributed by atoms with Crippen LogP contribution in [0.1, 0.15) is 26.2 Å². The Bertz CT molecular complexity index is 115. The van der Waals surface area contributed by atoms with Gasteiger partial charge in [0, 0.05) is 7.11 Å². The van der Waals surface area contributed by atoms with E-state index in [1.165, 1.54) is 25.0 Å². The van der Waals surface area contributed by atoms with Crippen molar-refractivity contribution >= 4 is 11.8 Å². The molecule has 0 fully saturated rings. The SMILES string of the molecule is CCCCCS/C=C\COCOC. The molecule has 0 heterocycles. The summed E-state index contributed by atoms with van der Waals surface area (Å²) < 4.78 is 9.83. The number of thioether (sulfide) groups is 1. The van der Waals surface area contributed by atoms with Gasteiger partial charge in [-0.05, 0) is 17.6 Å². The summed E-state index contributed by atoms with van der Waals surface area (Å²) in [5, 5.41) is 2.10. The molecule has 0 radical (unpaired) electrons. The van der Waals surface area contributed by atoms with E-state index in [-0.39, 0.29) is 0 Å². The molecule has 0 bridgehead atoms. The van der Waals surface area contributed by atoms with Crippen LogP contribution in [0.4, 0.5) is 0 Å². The molecule has 3 heteroatoms. The second-order valence-corrected chi connectivity index (χ2v) is 3.74. The van der Waals surface area contributed by atoms with Gasteiger partial charge in [0.05, 0.1) is 6.61 Å². The predicted molar refractivity (Wildman–Crippen MR) is 59.0 cm³/mol. The molecule has 0 aliphatic heterocycles. The third-order valence-electron chi connectivity index (χ3n) is 1.47. The second-order valence-electron chi connectivity index (χ2n) is 2.73. The zero-order valence-electron chi connectivity index (χ0n) is 8.62. The molecule has 0 spiro atoms. The lowest BCUT2D eigenvalue weighted by Crippen LogP contribution is -1.94. The fourth-order valence-electron chi connectivity index (χ4n) is 0.810. The van der Waals surface area contributed by atoms with Crippen LogP contribution in [-0.2, 0) is 9.47 Å². The highest BCUT2D eigenvalue weighted by atomic mass is 32.2. The minimum Gasteiger partial charge on any atom is -0.359 e. The van der Waals surface area contributed by atoms with Crippen molar-refractivity contribution in [2.45, 2.75) is 26.2 Å². The van der Waals surface area contributed by atoms with Crippen molar-refractivity contribution in [1.82, 2.24) is 0 Å². The van der Waals surface area contributed by atoms with Crippen molar-refractivity contribution in [2.75, 3.05) is 26.3 Å². The summed E-state index contributed by atoms with van der Waals surface area (Å²) in [6.07, 6.45) is 5.96. The van der Waals surface area contributed by atoms with E-state index in [0.29, 0.717) is 13.4 Å². The summed E-state index contributed by atoms with van der Waals surface area (Å²) >= 11 is 1.85. The molecule has 0 saturated carbocycles. The molecule has 0 aromatic rings. The Labute approximate surface area is 85.7 Å². The van der Waals surface area contributed by atoms with Crippen molar-refractivity contribution in [3.05, 3.63) is 11.5 Å². The first kappa shape index (κ1) is 13.0. The Hall–Kier alpha value is 0.01000. The van der Waals surface area contributed by atoms with Crippen molar-refractivity contribution in [3.8, 4) is 0 Å². The third kappa shape index (κ3) is 12.0. The highest BCUT2D eigenvalue weighted by Gasteiger charge is 1.84. The van der Waals surface area contributed by atoms with E-state index in [1.807, 2.05) is 17.8 Å². The number of rotatable bonds is 9. The summed E-state index contributed by atoms with van der Waals surface area (Å²) in [5.41, 5.74) is 0. The fraction of sp³-hybridized carbons (Fsp3) is 0.800. The van der Waals surface area contributed by atoms with E-state index in [0.717, 1.165) is 0 Å². The molecule has 0 rings (SSSR count). The first-order valence-corrected chi connectivity index (χ1v) is 5.80. The average Bonchev–Trinajstić information content (AvgIpc) is 2.16. The Kier molecular flexibility index (Phi) is 12.0. The molecular formula is C10H20O2S. The van der Waals surface area contributed by atoms with Gasteiger partial charge in [-0.2, -0.15) is 0 Å². The maximum Gasteiger partial charge on any atom is 0.146 e. The summed E-state index contributed by atoms with van der Waals surface area (Å²) in [6.45, 7) is 3.25. The lowest BCUT2D eigenvalue weighted by Gasteiger charge is -1.97. The maximum absolute atomic E-state index is 5.09. The molecule has 0 atom stereocenters. The van der Waals surface area contributed by atoms with Gasteiger partial charge in [-0.15, -0.1) is 11.8 Å². The zero-order chi connectivity index (χ0) is 9.78. The van der Waals surface area contributed by atoms with Crippen LogP contribution in [0.15, 0.2) is 11.5 Å². The van der Waals surface area contributed by atoms with Gasteiger partial charge >= 0.3 is 0 Å². The number of hydrogen-bond donors (Lipinski definition) is 0. The molecule has 0 aromatic carbocycles. The van der Waals surface area contributed by atoms with E-state index in [1.54, 1.807) is 7.11 Å². The van der Waals surface area contributed by atoms with Crippen LogP contribution in [0.3, 0.4) is 0 Å². The van der Waals surface area contributed by atoms with Crippen LogP contribution in [0.2, 0.25) is 0 Å². The van der Waals surface area contributed by atoms with Crippen LogP contribution < -0.4 is 0 Å². The smallest absolute Gasteiger partial charge is 0.146 e. The topological polar surface area (TPSA) is 18.5 Å². The van der Waals surface area contributed by atoms with E-state index in [2.05, 4.69) is 12.3 Å². The Morgan fingerprint density at radius 3 is 2.85 bits per heavy atom. The van der Waals surface area contributed by atoms with Crippen LogP contribution in [0.5, 0.6) is 0 Å². The molecule has 0 aliphatic rings. The number of hydrogen-bond acceptors (Lipinski definition) is 3. The first-order chi connectivity index (χ1) is 6.41. The first-order valence-electron chi connectivity index (χ1n) is 4.75. The van der Waals surface area contributed by atoms with E-state index in [9.17, 15) is 0 Å². The van der Waals surface area contributed by atoms with E-state index >= 15 is 0 Å². The molecule has 2 nitrogen and oxygen atoms in total. The number of unbranched alkanes of at least 4 members (excludes halogenated alkanes) is 2. The molecule has 0 N–H and O–H groups in total. The van der Waals surface area contributed by atoms with E-state index < -0.39 is 0 Å². The highest BCUT2D eigenvalue weighted by Crippen LogP contribution is 2.06. The molecule has 0 amide bonds. The molecular weight excluding hydrogens is 184 g/mol. The minimum absolute atomic E-state index is 0.380. The summed E-state index contributed by atoms with van der Waals surface area (Å²) in [7, 11) is 1.63. The maximum atomic E-state index is 5.09. The van der Waals surface area contributed by atoms with Crippen LogP contribution in [0, 0.1) is 0 Å². The van der Waals surface area contributed by atoms with Gasteiger partial charge in [0.1, 0.15) is 6.79 Å². The Morgan fingerprint density at radius 1 is 1.31 bits per heavy atom. The van der Waals surface area contributed by atoms with Crippen molar-refractivity contribution in [3.63, 3.8) is 0 Å². The fourth-order valence-corrected chi connectivity index (χ4v) is 1.53. The summed E-state index contributed by atoms with van der Waals surface area (Å²) in [4.78, 5) is 0. The zero-order valence-corrected chi connectivity index (χ0v) is 9.44. The van der Waals surface area contributed by atoms with Gasteiger partial charge in [0.2, 0.25) is 0 Å². The molecule has 0 aromatic heterocycles. The van der Waals surface area contributed by atoms with Crippen LogP contribution >= 0.6 is 11.8 Å². The predicted octanol–water partition coefficient (Wildman–Crippen LogP) is 3.04.